The SMILES string of the molecule is Cc1ccc(NC(=O)C2CCC2C(=O)O)cc1Cl. The van der Waals surface area contributed by atoms with E-state index in [0.717, 1.165) is 5.56 Å². The summed E-state index contributed by atoms with van der Waals surface area (Å²) in [4.78, 5) is 22.7. The first-order chi connectivity index (χ1) is 8.49. The second-order valence-electron chi connectivity index (χ2n) is 4.58. The van der Waals surface area contributed by atoms with Crippen molar-refractivity contribution in [3.05, 3.63) is 28.8 Å². The Morgan fingerprint density at radius 1 is 1.33 bits per heavy atom. The van der Waals surface area contributed by atoms with E-state index in [0.29, 0.717) is 23.6 Å². The van der Waals surface area contributed by atoms with Gasteiger partial charge in [-0.25, -0.2) is 0 Å². The van der Waals surface area contributed by atoms with Crippen molar-refractivity contribution in [1.82, 2.24) is 0 Å². The molecule has 1 aliphatic carbocycles. The van der Waals surface area contributed by atoms with Gasteiger partial charge in [0, 0.05) is 10.7 Å². The highest BCUT2D eigenvalue weighted by Gasteiger charge is 2.41. The molecule has 2 unspecified atom stereocenters. The van der Waals surface area contributed by atoms with Crippen LogP contribution in [0.1, 0.15) is 18.4 Å². The van der Waals surface area contributed by atoms with Crippen LogP contribution in [0.2, 0.25) is 5.02 Å². The van der Waals surface area contributed by atoms with Gasteiger partial charge in [-0.1, -0.05) is 17.7 Å². The number of rotatable bonds is 3. The van der Waals surface area contributed by atoms with Gasteiger partial charge < -0.3 is 10.4 Å². The predicted molar refractivity (Wildman–Crippen MR) is 68.7 cm³/mol. The second kappa shape index (κ2) is 4.98. The van der Waals surface area contributed by atoms with Crippen molar-refractivity contribution in [2.75, 3.05) is 5.32 Å². The lowest BCUT2D eigenvalue weighted by molar-refractivity contribution is -0.151. The Labute approximate surface area is 110 Å². The molecule has 4 nitrogen and oxygen atoms in total. The summed E-state index contributed by atoms with van der Waals surface area (Å²) in [6.07, 6.45) is 1.20. The van der Waals surface area contributed by atoms with Gasteiger partial charge in [0.2, 0.25) is 5.91 Å². The van der Waals surface area contributed by atoms with E-state index in [1.807, 2.05) is 13.0 Å². The number of halogens is 1. The number of anilines is 1. The van der Waals surface area contributed by atoms with Crippen LogP contribution in [0, 0.1) is 18.8 Å². The molecular formula is C13H14ClNO3. The second-order valence-corrected chi connectivity index (χ2v) is 4.99. The number of hydrogen-bond acceptors (Lipinski definition) is 2. The number of aryl methyl sites for hydroxylation is 1. The van der Waals surface area contributed by atoms with E-state index >= 15 is 0 Å². The van der Waals surface area contributed by atoms with Crippen molar-refractivity contribution < 1.29 is 14.7 Å². The van der Waals surface area contributed by atoms with Crippen LogP contribution < -0.4 is 5.32 Å². The maximum Gasteiger partial charge on any atom is 0.307 e. The summed E-state index contributed by atoms with van der Waals surface area (Å²) in [7, 11) is 0. The first-order valence-corrected chi connectivity index (χ1v) is 6.16. The highest BCUT2D eigenvalue weighted by atomic mass is 35.5. The summed E-state index contributed by atoms with van der Waals surface area (Å²) in [5.74, 6) is -2.12. The standard InChI is InChI=1S/C13H14ClNO3/c1-7-2-3-8(6-11(7)14)15-12(16)9-4-5-10(9)13(17)18/h2-3,6,9-10H,4-5H2,1H3,(H,15,16)(H,17,18). The van der Waals surface area contributed by atoms with Crippen molar-refractivity contribution in [3.8, 4) is 0 Å². The summed E-state index contributed by atoms with van der Waals surface area (Å²) in [5.41, 5.74) is 1.54. The van der Waals surface area contributed by atoms with Crippen LogP contribution in [0.15, 0.2) is 18.2 Å². The molecule has 0 bridgehead atoms. The Morgan fingerprint density at radius 2 is 2.00 bits per heavy atom. The molecule has 0 radical (unpaired) electrons. The number of carbonyl (C=O) groups is 2. The Bertz CT molecular complexity index is 501. The predicted octanol–water partition coefficient (Wildman–Crippen LogP) is 2.70. The van der Waals surface area contributed by atoms with Gasteiger partial charge in [-0.2, -0.15) is 0 Å². The number of amides is 1. The summed E-state index contributed by atoms with van der Waals surface area (Å²) in [6, 6.07) is 5.24. The molecule has 2 atom stereocenters. The van der Waals surface area contributed by atoms with Crippen molar-refractivity contribution in [3.63, 3.8) is 0 Å². The quantitative estimate of drug-likeness (QED) is 0.885. The third-order valence-corrected chi connectivity index (χ3v) is 3.77. The van der Waals surface area contributed by atoms with Crippen LogP contribution in [0.5, 0.6) is 0 Å². The van der Waals surface area contributed by atoms with Gasteiger partial charge >= 0.3 is 5.97 Å². The van der Waals surface area contributed by atoms with Gasteiger partial charge in [0.05, 0.1) is 11.8 Å². The van der Waals surface area contributed by atoms with E-state index in [9.17, 15) is 9.59 Å². The maximum atomic E-state index is 11.9. The van der Waals surface area contributed by atoms with Crippen LogP contribution in [-0.4, -0.2) is 17.0 Å². The lowest BCUT2D eigenvalue weighted by Gasteiger charge is -2.31. The van der Waals surface area contributed by atoms with E-state index in [2.05, 4.69) is 5.32 Å². The Balaban J connectivity index is 2.03. The van der Waals surface area contributed by atoms with Crippen LogP contribution in [-0.2, 0) is 9.59 Å². The minimum absolute atomic E-state index is 0.242. The molecule has 2 N–H and O–H groups in total. The molecule has 0 aromatic heterocycles. The number of hydrogen-bond donors (Lipinski definition) is 2. The van der Waals surface area contributed by atoms with Gasteiger partial charge in [0.25, 0.3) is 0 Å². The monoisotopic (exact) mass is 267 g/mol. The van der Waals surface area contributed by atoms with E-state index in [1.165, 1.54) is 0 Å². The normalized spacial score (nSPS) is 22.1. The number of nitrogens with one attached hydrogen (secondary N) is 1. The molecule has 1 aromatic carbocycles. The smallest absolute Gasteiger partial charge is 0.307 e. The molecule has 0 heterocycles. The summed E-state index contributed by atoms with van der Waals surface area (Å²) in [5, 5.41) is 12.2. The average molecular weight is 268 g/mol. The van der Waals surface area contributed by atoms with Gasteiger partial charge in [-0.3, -0.25) is 9.59 Å². The highest BCUT2D eigenvalue weighted by molar-refractivity contribution is 6.31. The molecular weight excluding hydrogens is 254 g/mol. The van der Waals surface area contributed by atoms with Crippen molar-refractivity contribution in [2.24, 2.45) is 11.8 Å². The van der Waals surface area contributed by atoms with Crippen molar-refractivity contribution >= 4 is 29.2 Å². The molecule has 1 aliphatic rings. The van der Waals surface area contributed by atoms with E-state index in [4.69, 9.17) is 16.7 Å². The third kappa shape index (κ3) is 2.48. The first-order valence-electron chi connectivity index (χ1n) is 5.79. The molecule has 2 rings (SSSR count). The highest BCUT2D eigenvalue weighted by Crippen LogP contribution is 2.35. The summed E-state index contributed by atoms with van der Waals surface area (Å²) < 4.78 is 0. The lowest BCUT2D eigenvalue weighted by Crippen LogP contribution is -2.41. The third-order valence-electron chi connectivity index (χ3n) is 3.37. The number of aliphatic carboxylic acids is 1. The van der Waals surface area contributed by atoms with Crippen LogP contribution in [0.25, 0.3) is 0 Å². The van der Waals surface area contributed by atoms with Gasteiger partial charge in [0.15, 0.2) is 0 Å². The van der Waals surface area contributed by atoms with E-state index in [-0.39, 0.29) is 5.91 Å². The van der Waals surface area contributed by atoms with Crippen LogP contribution >= 0.6 is 11.6 Å². The van der Waals surface area contributed by atoms with Crippen LogP contribution in [0.4, 0.5) is 5.69 Å². The van der Waals surface area contributed by atoms with E-state index in [1.54, 1.807) is 12.1 Å². The molecule has 18 heavy (non-hydrogen) atoms. The number of benzene rings is 1. The Hall–Kier alpha value is -1.55. The fourth-order valence-electron chi connectivity index (χ4n) is 2.01. The zero-order chi connectivity index (χ0) is 13.3. The minimum atomic E-state index is -0.900. The zero-order valence-corrected chi connectivity index (χ0v) is 10.7. The summed E-state index contributed by atoms with van der Waals surface area (Å²) in [6.45, 7) is 1.88. The molecule has 5 heteroatoms. The van der Waals surface area contributed by atoms with Gasteiger partial charge in [-0.05, 0) is 37.5 Å². The molecule has 0 saturated heterocycles. The van der Waals surface area contributed by atoms with Crippen LogP contribution in [0.3, 0.4) is 0 Å². The molecule has 1 amide bonds. The molecule has 1 aromatic rings. The number of carboxylic acids is 1. The van der Waals surface area contributed by atoms with Crippen molar-refractivity contribution in [1.29, 1.82) is 0 Å². The fourth-order valence-corrected chi connectivity index (χ4v) is 2.20. The molecule has 0 aliphatic heterocycles. The summed E-state index contributed by atoms with van der Waals surface area (Å²) >= 11 is 5.96. The van der Waals surface area contributed by atoms with Gasteiger partial charge in [0.1, 0.15) is 0 Å². The zero-order valence-electron chi connectivity index (χ0n) is 9.94. The number of carbonyl (C=O) groups excluding carboxylic acids is 1. The topological polar surface area (TPSA) is 66.4 Å². The maximum absolute atomic E-state index is 11.9. The average Bonchev–Trinajstić information content (AvgIpc) is 2.20. The lowest BCUT2D eigenvalue weighted by atomic mass is 9.73. The molecule has 96 valence electrons. The largest absolute Gasteiger partial charge is 0.481 e. The Morgan fingerprint density at radius 3 is 2.50 bits per heavy atom. The van der Waals surface area contributed by atoms with E-state index < -0.39 is 17.8 Å². The van der Waals surface area contributed by atoms with Gasteiger partial charge in [-0.15, -0.1) is 0 Å². The molecule has 1 saturated carbocycles. The van der Waals surface area contributed by atoms with Crippen molar-refractivity contribution in [2.45, 2.75) is 19.8 Å². The number of carboxylic acid groups (broad SMARTS) is 1. The Kier molecular flexibility index (Phi) is 3.57. The first kappa shape index (κ1) is 12.9. The molecule has 1 fully saturated rings. The minimum Gasteiger partial charge on any atom is -0.481 e. The fraction of sp³-hybridized carbons (Fsp3) is 0.385. The molecule has 0 spiro atoms.